The summed E-state index contributed by atoms with van der Waals surface area (Å²) >= 11 is 0. The lowest BCUT2D eigenvalue weighted by atomic mass is 10.1. The monoisotopic (exact) mass is 229 g/mol. The van der Waals surface area contributed by atoms with Gasteiger partial charge >= 0.3 is 5.97 Å². The Morgan fingerprint density at radius 1 is 1.35 bits per heavy atom. The van der Waals surface area contributed by atoms with Crippen molar-refractivity contribution in [3.8, 4) is 6.07 Å². The van der Waals surface area contributed by atoms with Crippen molar-refractivity contribution in [2.75, 3.05) is 0 Å². The van der Waals surface area contributed by atoms with E-state index in [1.165, 1.54) is 6.08 Å². The van der Waals surface area contributed by atoms with Crippen LogP contribution in [0.2, 0.25) is 0 Å². The molecule has 0 aliphatic heterocycles. The summed E-state index contributed by atoms with van der Waals surface area (Å²) in [6.07, 6.45) is 2.93. The molecule has 0 unspecified atom stereocenters. The molecule has 1 aromatic rings. The Bertz CT molecular complexity index is 476. The second-order valence-corrected chi connectivity index (χ2v) is 4.55. The number of ether oxygens (including phenoxy) is 1. The first kappa shape index (κ1) is 13.0. The molecular formula is C14H15NO2. The Hall–Kier alpha value is -2.08. The fourth-order valence-electron chi connectivity index (χ4n) is 1.29. The number of benzene rings is 1. The molecule has 0 bridgehead atoms. The van der Waals surface area contributed by atoms with E-state index in [1.54, 1.807) is 24.3 Å². The van der Waals surface area contributed by atoms with Gasteiger partial charge in [-0.25, -0.2) is 4.79 Å². The summed E-state index contributed by atoms with van der Waals surface area (Å²) in [5, 5.41) is 8.49. The maximum atomic E-state index is 11.9. The molecule has 3 heteroatoms. The molecule has 0 aliphatic carbocycles. The van der Waals surface area contributed by atoms with Crippen molar-refractivity contribution in [2.45, 2.75) is 26.4 Å². The van der Waals surface area contributed by atoms with Gasteiger partial charge in [-0.3, -0.25) is 0 Å². The Morgan fingerprint density at radius 3 is 2.59 bits per heavy atom. The van der Waals surface area contributed by atoms with Gasteiger partial charge in [-0.2, -0.15) is 5.26 Å². The second-order valence-electron chi connectivity index (χ2n) is 4.55. The van der Waals surface area contributed by atoms with Crippen LogP contribution in [-0.2, 0) is 4.74 Å². The molecule has 1 aromatic carbocycles. The van der Waals surface area contributed by atoms with Gasteiger partial charge < -0.3 is 4.74 Å². The van der Waals surface area contributed by atoms with E-state index >= 15 is 0 Å². The highest BCUT2D eigenvalue weighted by Gasteiger charge is 2.19. The lowest BCUT2D eigenvalue weighted by molar-refractivity contribution is 0.00693. The lowest BCUT2D eigenvalue weighted by Gasteiger charge is -2.20. The zero-order valence-corrected chi connectivity index (χ0v) is 10.2. The maximum Gasteiger partial charge on any atom is 0.339 e. The summed E-state index contributed by atoms with van der Waals surface area (Å²) in [6.45, 7) is 5.45. The second kappa shape index (κ2) is 5.31. The number of carbonyl (C=O) groups excluding carboxylic acids is 1. The van der Waals surface area contributed by atoms with Gasteiger partial charge in [0.1, 0.15) is 5.60 Å². The Kier molecular flexibility index (Phi) is 4.06. The first-order valence-electron chi connectivity index (χ1n) is 5.32. The third-order valence-electron chi connectivity index (χ3n) is 1.92. The minimum Gasteiger partial charge on any atom is -0.456 e. The van der Waals surface area contributed by atoms with E-state index in [1.807, 2.05) is 32.9 Å². The van der Waals surface area contributed by atoms with Crippen molar-refractivity contribution in [1.29, 1.82) is 5.26 Å². The molecule has 0 saturated heterocycles. The highest BCUT2D eigenvalue weighted by Crippen LogP contribution is 2.16. The summed E-state index contributed by atoms with van der Waals surface area (Å²) in [4.78, 5) is 11.9. The first-order chi connectivity index (χ1) is 7.94. The highest BCUT2D eigenvalue weighted by molar-refractivity contribution is 5.93. The van der Waals surface area contributed by atoms with Crippen molar-refractivity contribution in [3.63, 3.8) is 0 Å². The number of rotatable bonds is 2. The SMILES string of the molecule is CC(C)(C)OC(=O)c1ccccc1C=CC#N. The van der Waals surface area contributed by atoms with Gasteiger partial charge in [-0.15, -0.1) is 0 Å². The third kappa shape index (κ3) is 4.12. The molecule has 0 atom stereocenters. The van der Waals surface area contributed by atoms with E-state index in [-0.39, 0.29) is 5.97 Å². The lowest BCUT2D eigenvalue weighted by Crippen LogP contribution is -2.24. The molecule has 0 aromatic heterocycles. The predicted molar refractivity (Wildman–Crippen MR) is 66.3 cm³/mol. The van der Waals surface area contributed by atoms with Gasteiger partial charge in [-0.05, 0) is 38.5 Å². The van der Waals surface area contributed by atoms with Crippen LogP contribution in [0.5, 0.6) is 0 Å². The van der Waals surface area contributed by atoms with Crippen LogP contribution in [0.3, 0.4) is 0 Å². The molecule has 0 heterocycles. The summed E-state index contributed by atoms with van der Waals surface area (Å²) in [6, 6.07) is 8.93. The summed E-state index contributed by atoms with van der Waals surface area (Å²) < 4.78 is 5.29. The van der Waals surface area contributed by atoms with Crippen LogP contribution in [0.1, 0.15) is 36.7 Å². The predicted octanol–water partition coefficient (Wildman–Crippen LogP) is 3.18. The minimum absolute atomic E-state index is 0.379. The highest BCUT2D eigenvalue weighted by atomic mass is 16.6. The van der Waals surface area contributed by atoms with Crippen LogP contribution in [0.15, 0.2) is 30.3 Å². The number of carbonyl (C=O) groups is 1. The Balaban J connectivity index is 3.02. The smallest absolute Gasteiger partial charge is 0.339 e. The number of allylic oxidation sites excluding steroid dienone is 1. The number of hydrogen-bond donors (Lipinski definition) is 0. The largest absolute Gasteiger partial charge is 0.456 e. The van der Waals surface area contributed by atoms with Gasteiger partial charge in [0.15, 0.2) is 0 Å². The fourth-order valence-corrected chi connectivity index (χ4v) is 1.29. The van der Waals surface area contributed by atoms with Gasteiger partial charge in [0.05, 0.1) is 11.6 Å². The zero-order valence-electron chi connectivity index (χ0n) is 10.2. The van der Waals surface area contributed by atoms with Gasteiger partial charge in [0.2, 0.25) is 0 Å². The zero-order chi connectivity index (χ0) is 12.9. The van der Waals surface area contributed by atoms with Crippen LogP contribution in [0.25, 0.3) is 6.08 Å². The molecule has 3 nitrogen and oxygen atoms in total. The van der Waals surface area contributed by atoms with Crippen molar-refractivity contribution in [2.24, 2.45) is 0 Å². The van der Waals surface area contributed by atoms with E-state index in [9.17, 15) is 4.79 Å². The van der Waals surface area contributed by atoms with Crippen molar-refractivity contribution >= 4 is 12.0 Å². The number of esters is 1. The summed E-state index contributed by atoms with van der Waals surface area (Å²) in [5.41, 5.74) is 0.626. The van der Waals surface area contributed by atoms with E-state index in [0.29, 0.717) is 11.1 Å². The number of nitrogens with zero attached hydrogens (tertiary/aromatic N) is 1. The molecule has 0 amide bonds. The molecule has 0 radical (unpaired) electrons. The maximum absolute atomic E-state index is 11.9. The normalized spacial score (nSPS) is 11.2. The molecular weight excluding hydrogens is 214 g/mol. The van der Waals surface area contributed by atoms with Gasteiger partial charge in [0, 0.05) is 6.08 Å². The Labute approximate surface area is 101 Å². The quantitative estimate of drug-likeness (QED) is 0.578. The van der Waals surface area contributed by atoms with E-state index in [0.717, 1.165) is 0 Å². The molecule has 17 heavy (non-hydrogen) atoms. The average Bonchev–Trinajstić information content (AvgIpc) is 2.24. The molecule has 0 saturated carbocycles. The molecule has 0 aliphatic rings. The fraction of sp³-hybridized carbons (Fsp3) is 0.286. The van der Waals surface area contributed by atoms with Gasteiger partial charge in [-0.1, -0.05) is 18.2 Å². The van der Waals surface area contributed by atoms with Gasteiger partial charge in [0.25, 0.3) is 0 Å². The van der Waals surface area contributed by atoms with E-state index in [2.05, 4.69) is 0 Å². The van der Waals surface area contributed by atoms with Crippen molar-refractivity contribution < 1.29 is 9.53 Å². The van der Waals surface area contributed by atoms with Crippen LogP contribution >= 0.6 is 0 Å². The van der Waals surface area contributed by atoms with Crippen LogP contribution < -0.4 is 0 Å². The van der Waals surface area contributed by atoms with Crippen LogP contribution in [-0.4, -0.2) is 11.6 Å². The molecule has 0 fully saturated rings. The minimum atomic E-state index is -0.525. The van der Waals surface area contributed by atoms with Crippen LogP contribution in [0.4, 0.5) is 0 Å². The third-order valence-corrected chi connectivity index (χ3v) is 1.92. The van der Waals surface area contributed by atoms with Crippen molar-refractivity contribution in [1.82, 2.24) is 0 Å². The molecule has 88 valence electrons. The topological polar surface area (TPSA) is 50.1 Å². The first-order valence-corrected chi connectivity index (χ1v) is 5.32. The van der Waals surface area contributed by atoms with E-state index in [4.69, 9.17) is 10.00 Å². The standard InChI is InChI=1S/C14H15NO2/c1-14(2,3)17-13(16)12-9-5-4-7-11(12)8-6-10-15/h4-9H,1-3H3. The van der Waals surface area contributed by atoms with Crippen molar-refractivity contribution in [3.05, 3.63) is 41.5 Å². The number of hydrogen-bond acceptors (Lipinski definition) is 3. The molecule has 0 spiro atoms. The van der Waals surface area contributed by atoms with E-state index < -0.39 is 5.60 Å². The average molecular weight is 229 g/mol. The number of nitriles is 1. The molecule has 1 rings (SSSR count). The Morgan fingerprint density at radius 2 is 2.00 bits per heavy atom. The summed E-state index contributed by atoms with van der Waals surface area (Å²) in [7, 11) is 0. The summed E-state index contributed by atoms with van der Waals surface area (Å²) in [5.74, 6) is -0.379. The van der Waals surface area contributed by atoms with Crippen LogP contribution in [0, 0.1) is 11.3 Å². The molecule has 0 N–H and O–H groups in total.